The van der Waals surface area contributed by atoms with Crippen molar-refractivity contribution in [1.29, 1.82) is 0 Å². The van der Waals surface area contributed by atoms with Gasteiger partial charge in [-0.2, -0.15) is 0 Å². The summed E-state index contributed by atoms with van der Waals surface area (Å²) in [4.78, 5) is 24.4. The molecule has 0 bridgehead atoms. The van der Waals surface area contributed by atoms with Gasteiger partial charge in [-0.05, 0) is 36.8 Å². The van der Waals surface area contributed by atoms with E-state index >= 15 is 0 Å². The van der Waals surface area contributed by atoms with E-state index in [2.05, 4.69) is 21.0 Å². The first-order valence-corrected chi connectivity index (χ1v) is 10.6. The fraction of sp³-hybridized carbons (Fsp3) is 0.200. The average Bonchev–Trinajstić information content (AvgIpc) is 3.26. The van der Waals surface area contributed by atoms with Gasteiger partial charge in [0.15, 0.2) is 16.7 Å². The fourth-order valence-electron chi connectivity index (χ4n) is 2.76. The number of hydrogen-bond donors (Lipinski definition) is 2. The summed E-state index contributed by atoms with van der Waals surface area (Å²) < 4.78 is 12.8. The molecule has 0 fully saturated rings. The molecule has 4 rings (SSSR count). The molecule has 1 aliphatic rings. The van der Waals surface area contributed by atoms with Crippen LogP contribution in [0, 0.1) is 6.92 Å². The maximum atomic E-state index is 12.3. The summed E-state index contributed by atoms with van der Waals surface area (Å²) in [5.74, 6) is 0.151. The monoisotopic (exact) mass is 459 g/mol. The summed E-state index contributed by atoms with van der Waals surface area (Å²) in [6.45, 7) is 1.96. The molecule has 1 aromatic heterocycles. The zero-order valence-electron chi connectivity index (χ0n) is 16.4. The third kappa shape index (κ3) is 4.92. The van der Waals surface area contributed by atoms with E-state index in [9.17, 15) is 9.59 Å². The highest BCUT2D eigenvalue weighted by Crippen LogP contribution is 2.30. The zero-order chi connectivity index (χ0) is 21.8. The van der Waals surface area contributed by atoms with E-state index in [0.29, 0.717) is 21.7 Å². The van der Waals surface area contributed by atoms with E-state index < -0.39 is 17.9 Å². The number of nitrogens with one attached hydrogen (secondary N) is 2. The Balaban J connectivity index is 1.28. The lowest BCUT2D eigenvalue weighted by molar-refractivity contribution is -0.134. The maximum absolute atomic E-state index is 12.3. The van der Waals surface area contributed by atoms with Crippen LogP contribution in [0.15, 0.2) is 53.9 Å². The molecule has 0 unspecified atom stereocenters. The molecule has 0 aliphatic carbocycles. The summed E-state index contributed by atoms with van der Waals surface area (Å²) in [7, 11) is 0. The minimum atomic E-state index is -0.864. The highest BCUT2D eigenvalue weighted by molar-refractivity contribution is 7.99. The number of aryl methyl sites for hydroxylation is 1. The quantitative estimate of drug-likeness (QED) is 0.445. The molecule has 1 atom stereocenters. The molecule has 0 spiro atoms. The van der Waals surface area contributed by atoms with Crippen LogP contribution in [-0.2, 0) is 9.59 Å². The molecule has 2 aromatic carbocycles. The zero-order valence-corrected chi connectivity index (χ0v) is 17.9. The Morgan fingerprint density at radius 1 is 1.23 bits per heavy atom. The number of carbonyl (C=O) groups is 2. The average molecular weight is 460 g/mol. The highest BCUT2D eigenvalue weighted by atomic mass is 35.5. The molecule has 0 radical (unpaired) electrons. The first-order chi connectivity index (χ1) is 15.0. The van der Waals surface area contributed by atoms with Crippen LogP contribution in [0.4, 0.5) is 0 Å². The van der Waals surface area contributed by atoms with Crippen molar-refractivity contribution in [3.05, 3.63) is 59.4 Å². The number of rotatable bonds is 5. The van der Waals surface area contributed by atoms with Crippen molar-refractivity contribution in [1.82, 2.24) is 25.6 Å². The minimum absolute atomic E-state index is 0.0173. The molecule has 9 nitrogen and oxygen atoms in total. The van der Waals surface area contributed by atoms with Gasteiger partial charge in [-0.1, -0.05) is 41.6 Å². The highest BCUT2D eigenvalue weighted by Gasteiger charge is 2.27. The first-order valence-electron chi connectivity index (χ1n) is 9.28. The van der Waals surface area contributed by atoms with Crippen LogP contribution in [0.1, 0.15) is 5.56 Å². The lowest BCUT2D eigenvalue weighted by Gasteiger charge is -2.25. The Kier molecular flexibility index (Phi) is 6.28. The van der Waals surface area contributed by atoms with E-state index in [1.807, 2.05) is 25.1 Å². The number of halogens is 1. The third-order valence-electron chi connectivity index (χ3n) is 4.41. The summed E-state index contributed by atoms with van der Waals surface area (Å²) in [5, 5.41) is 9.08. The SMILES string of the molecule is Cc1ccc(-n2cnnc2SCC(=O)NNC(=O)[C@H]2COc3ccccc3O2)cc1Cl. The van der Waals surface area contributed by atoms with Crippen molar-refractivity contribution in [3.8, 4) is 17.2 Å². The molecule has 2 heterocycles. The maximum Gasteiger partial charge on any atom is 0.283 e. The number of thioether (sulfide) groups is 1. The van der Waals surface area contributed by atoms with Gasteiger partial charge in [0.25, 0.3) is 5.91 Å². The van der Waals surface area contributed by atoms with Gasteiger partial charge in [-0.3, -0.25) is 25.0 Å². The Morgan fingerprint density at radius 2 is 2.03 bits per heavy atom. The third-order valence-corrected chi connectivity index (χ3v) is 5.76. The van der Waals surface area contributed by atoms with Gasteiger partial charge in [-0.15, -0.1) is 10.2 Å². The number of ether oxygens (including phenoxy) is 2. The molecule has 11 heteroatoms. The molecule has 31 heavy (non-hydrogen) atoms. The van der Waals surface area contributed by atoms with Gasteiger partial charge < -0.3 is 9.47 Å². The lowest BCUT2D eigenvalue weighted by atomic mass is 10.2. The fourth-order valence-corrected chi connectivity index (χ4v) is 3.66. The number of hydrazine groups is 1. The van der Waals surface area contributed by atoms with Crippen LogP contribution >= 0.6 is 23.4 Å². The standard InChI is InChI=1S/C20H18ClN5O4S/c1-12-6-7-13(8-14(12)21)26-11-22-25-20(26)31-10-18(27)23-24-19(28)17-9-29-15-4-2-3-5-16(15)30-17/h2-8,11,17H,9-10H2,1H3,(H,23,27)(H,24,28)/t17-/m1/s1. The largest absolute Gasteiger partial charge is 0.485 e. The predicted octanol–water partition coefficient (Wildman–Crippen LogP) is 2.31. The number of fused-ring (bicyclic) bond motifs is 1. The first kappa shape index (κ1) is 21.0. The molecule has 0 saturated heterocycles. The molecule has 2 amide bonds. The van der Waals surface area contributed by atoms with Gasteiger partial charge in [0.1, 0.15) is 12.9 Å². The Labute approximate surface area is 187 Å². The van der Waals surface area contributed by atoms with Gasteiger partial charge in [0.2, 0.25) is 12.0 Å². The van der Waals surface area contributed by atoms with Crippen molar-refractivity contribution in [3.63, 3.8) is 0 Å². The van der Waals surface area contributed by atoms with Crippen LogP contribution in [0.5, 0.6) is 11.5 Å². The molecule has 0 saturated carbocycles. The Hall–Kier alpha value is -3.24. The number of aromatic nitrogens is 3. The van der Waals surface area contributed by atoms with E-state index in [0.717, 1.165) is 11.3 Å². The van der Waals surface area contributed by atoms with Crippen LogP contribution in [-0.4, -0.2) is 45.0 Å². The topological polar surface area (TPSA) is 107 Å². The lowest BCUT2D eigenvalue weighted by Crippen LogP contribution is -2.51. The smallest absolute Gasteiger partial charge is 0.283 e. The van der Waals surface area contributed by atoms with E-state index in [4.69, 9.17) is 21.1 Å². The Morgan fingerprint density at radius 3 is 2.84 bits per heavy atom. The molecule has 160 valence electrons. The van der Waals surface area contributed by atoms with Crippen molar-refractivity contribution in [2.45, 2.75) is 18.2 Å². The van der Waals surface area contributed by atoms with Gasteiger partial charge in [-0.25, -0.2) is 0 Å². The Bertz CT molecular complexity index is 1120. The number of benzene rings is 2. The molecule has 1 aliphatic heterocycles. The minimum Gasteiger partial charge on any atom is -0.485 e. The van der Waals surface area contributed by atoms with E-state index in [1.54, 1.807) is 35.2 Å². The van der Waals surface area contributed by atoms with Crippen molar-refractivity contribution in [2.75, 3.05) is 12.4 Å². The number of para-hydroxylation sites is 2. The normalized spacial score (nSPS) is 14.7. The van der Waals surface area contributed by atoms with E-state index in [-0.39, 0.29) is 12.4 Å². The van der Waals surface area contributed by atoms with Crippen molar-refractivity contribution >= 4 is 35.2 Å². The van der Waals surface area contributed by atoms with Gasteiger partial charge in [0, 0.05) is 5.02 Å². The summed E-state index contributed by atoms with van der Waals surface area (Å²) >= 11 is 7.36. The number of carbonyl (C=O) groups excluding carboxylic acids is 2. The summed E-state index contributed by atoms with van der Waals surface area (Å²) in [5.41, 5.74) is 6.47. The number of nitrogens with zero attached hydrogens (tertiary/aromatic N) is 3. The van der Waals surface area contributed by atoms with Crippen LogP contribution in [0.25, 0.3) is 5.69 Å². The van der Waals surface area contributed by atoms with Crippen LogP contribution < -0.4 is 20.3 Å². The molecule has 3 aromatic rings. The van der Waals surface area contributed by atoms with Crippen molar-refractivity contribution in [2.24, 2.45) is 0 Å². The number of amides is 2. The van der Waals surface area contributed by atoms with E-state index in [1.165, 1.54) is 11.8 Å². The molecule has 2 N–H and O–H groups in total. The number of hydrogen-bond acceptors (Lipinski definition) is 7. The van der Waals surface area contributed by atoms with Gasteiger partial charge >= 0.3 is 0 Å². The summed E-state index contributed by atoms with van der Waals surface area (Å²) in [6, 6.07) is 12.6. The van der Waals surface area contributed by atoms with Crippen LogP contribution in [0.3, 0.4) is 0 Å². The second-order valence-electron chi connectivity index (χ2n) is 6.61. The second kappa shape index (κ2) is 9.27. The van der Waals surface area contributed by atoms with Crippen molar-refractivity contribution < 1.29 is 19.1 Å². The second-order valence-corrected chi connectivity index (χ2v) is 7.96. The molecular weight excluding hydrogens is 442 g/mol. The predicted molar refractivity (Wildman–Crippen MR) is 114 cm³/mol. The summed E-state index contributed by atoms with van der Waals surface area (Å²) in [6.07, 6.45) is 0.679. The molecular formula is C20H18ClN5O4S. The van der Waals surface area contributed by atoms with Gasteiger partial charge in [0.05, 0.1) is 11.4 Å². The van der Waals surface area contributed by atoms with Crippen LogP contribution in [0.2, 0.25) is 5.02 Å².